The van der Waals surface area contributed by atoms with Gasteiger partial charge in [-0.25, -0.2) is 9.37 Å². The van der Waals surface area contributed by atoms with Crippen LogP contribution in [0.3, 0.4) is 0 Å². The van der Waals surface area contributed by atoms with Crippen molar-refractivity contribution in [3.8, 4) is 17.0 Å². The number of carbonyl (C=O) groups excluding carboxylic acids is 2. The summed E-state index contributed by atoms with van der Waals surface area (Å²) >= 11 is 6.79. The highest BCUT2D eigenvalue weighted by Crippen LogP contribution is 2.40. The molecule has 3 aromatic rings. The van der Waals surface area contributed by atoms with E-state index in [0.717, 1.165) is 18.4 Å². The molecule has 1 atom stereocenters. The van der Waals surface area contributed by atoms with Crippen LogP contribution in [-0.4, -0.2) is 77.0 Å². The van der Waals surface area contributed by atoms with E-state index in [1.807, 2.05) is 42.2 Å². The highest BCUT2D eigenvalue weighted by Gasteiger charge is 2.34. The lowest BCUT2D eigenvalue weighted by molar-refractivity contribution is -0.128. The maximum absolute atomic E-state index is 15.2. The maximum Gasteiger partial charge on any atom is 0.246 e. The number of rotatable bonds is 10. The number of hydrogen-bond acceptors (Lipinski definition) is 7. The topological polar surface area (TPSA) is 128 Å². The van der Waals surface area contributed by atoms with Crippen LogP contribution in [0.25, 0.3) is 11.3 Å². The number of anilines is 1. The highest BCUT2D eigenvalue weighted by atomic mass is 35.5. The number of amides is 2. The molecular weight excluding hydrogens is 621 g/mol. The van der Waals surface area contributed by atoms with Gasteiger partial charge in [0.05, 0.1) is 34.1 Å². The molecule has 12 heteroatoms. The summed E-state index contributed by atoms with van der Waals surface area (Å²) in [6.45, 7) is 7.14. The van der Waals surface area contributed by atoms with Crippen molar-refractivity contribution >= 4 is 41.8 Å². The number of pyridine rings is 1. The van der Waals surface area contributed by atoms with Crippen molar-refractivity contribution in [2.45, 2.75) is 32.4 Å². The van der Waals surface area contributed by atoms with E-state index in [9.17, 15) is 14.7 Å². The Morgan fingerprint density at radius 3 is 2.57 bits per heavy atom. The van der Waals surface area contributed by atoms with Gasteiger partial charge in [-0.1, -0.05) is 54.6 Å². The Kier molecular flexibility index (Phi) is 10.4. The van der Waals surface area contributed by atoms with Crippen molar-refractivity contribution in [3.05, 3.63) is 101 Å². The van der Waals surface area contributed by atoms with Crippen LogP contribution in [0.4, 0.5) is 10.2 Å². The molecule has 2 fully saturated rings. The largest absolute Gasteiger partial charge is 0.507 e. The molecule has 47 heavy (non-hydrogen) atoms. The van der Waals surface area contributed by atoms with Gasteiger partial charge >= 0.3 is 0 Å². The molecular formula is C35H37ClFN7O3. The van der Waals surface area contributed by atoms with E-state index in [-0.39, 0.29) is 45.7 Å². The molecule has 1 saturated heterocycles. The number of phenolic OH excluding ortho intramolecular Hbond substituents is 1. The molecule has 2 aliphatic rings. The zero-order valence-corrected chi connectivity index (χ0v) is 27.1. The number of amidine groups is 1. The van der Waals surface area contributed by atoms with Crippen LogP contribution in [0, 0.1) is 11.7 Å². The lowest BCUT2D eigenvalue weighted by atomic mass is 10.0. The van der Waals surface area contributed by atoms with Crippen LogP contribution >= 0.6 is 11.6 Å². The standard InChI is InChI=1S/C35H37ClFN7O3/c1-4-30(47)42-15-16-43(22(2)20-42)34(39-3)25-17-26(36)33(31-27(37)11-8-12-29(31)46)41-35(25)44(21-45)28(32(38)24-13-14-24)19-40-18-23-9-6-5-7-10-23/h4-12,17,19,21-22,24,46H,1,13-16,18,20,38H2,2-3H3. The van der Waals surface area contributed by atoms with E-state index in [4.69, 9.17) is 22.3 Å². The van der Waals surface area contributed by atoms with Crippen molar-refractivity contribution in [3.63, 3.8) is 0 Å². The van der Waals surface area contributed by atoms with Crippen LogP contribution in [0.1, 0.15) is 30.9 Å². The zero-order chi connectivity index (χ0) is 33.7. The van der Waals surface area contributed by atoms with Crippen LogP contribution in [0.5, 0.6) is 5.75 Å². The number of benzene rings is 2. The quantitative estimate of drug-likeness (QED) is 0.134. The summed E-state index contributed by atoms with van der Waals surface area (Å²) in [4.78, 5) is 44.5. The molecule has 1 aromatic heterocycles. The van der Waals surface area contributed by atoms with Gasteiger partial charge in [0.15, 0.2) is 5.82 Å². The minimum atomic E-state index is -0.741. The summed E-state index contributed by atoms with van der Waals surface area (Å²) in [6, 6.07) is 14.9. The number of phenols is 1. The third-order valence-corrected chi connectivity index (χ3v) is 8.55. The third kappa shape index (κ3) is 7.20. The molecule has 2 aromatic carbocycles. The Morgan fingerprint density at radius 1 is 1.21 bits per heavy atom. The number of aliphatic imine (C=N–C) groups is 2. The SMILES string of the molecule is C=CC(=O)N1CCN(C(=NC)c2cc(Cl)c(-c3c(O)cccc3F)nc2N(C=O)C(C=NCc2ccccc2)=C(N)C2CC2)C(C)C1. The second-order valence-corrected chi connectivity index (χ2v) is 11.9. The first kappa shape index (κ1) is 33.3. The predicted molar refractivity (Wildman–Crippen MR) is 183 cm³/mol. The van der Waals surface area contributed by atoms with Gasteiger partial charge < -0.3 is 20.6 Å². The summed E-state index contributed by atoms with van der Waals surface area (Å²) in [5.41, 5.74) is 8.52. The minimum absolute atomic E-state index is 0.0303. The first-order chi connectivity index (χ1) is 22.7. The van der Waals surface area contributed by atoms with Gasteiger partial charge in [0.25, 0.3) is 0 Å². The molecule has 0 bridgehead atoms. The number of aromatic hydroxyl groups is 1. The Balaban J connectivity index is 1.67. The van der Waals surface area contributed by atoms with Gasteiger partial charge in [-0.2, -0.15) is 0 Å². The number of hydrogen-bond donors (Lipinski definition) is 2. The van der Waals surface area contributed by atoms with E-state index in [1.165, 1.54) is 29.2 Å². The molecule has 1 aliphatic carbocycles. The Hall–Kier alpha value is -5.03. The van der Waals surface area contributed by atoms with Crippen LogP contribution < -0.4 is 10.6 Å². The third-order valence-electron chi connectivity index (χ3n) is 8.26. The average molecular weight is 658 g/mol. The number of nitrogens with zero attached hydrogens (tertiary/aromatic N) is 6. The lowest BCUT2D eigenvalue weighted by Crippen LogP contribution is -2.55. The molecule has 1 unspecified atom stereocenters. The van der Waals surface area contributed by atoms with Crippen molar-refractivity contribution in [2.75, 3.05) is 31.6 Å². The molecule has 1 saturated carbocycles. The molecule has 2 amide bonds. The van der Waals surface area contributed by atoms with E-state index >= 15 is 4.39 Å². The second kappa shape index (κ2) is 14.6. The Labute approximate surface area is 278 Å². The number of nitrogens with two attached hydrogens (primary N) is 1. The molecule has 2 heterocycles. The molecule has 0 spiro atoms. The predicted octanol–water partition coefficient (Wildman–Crippen LogP) is 5.16. The average Bonchev–Trinajstić information content (AvgIpc) is 3.92. The fourth-order valence-corrected chi connectivity index (χ4v) is 5.92. The molecule has 5 rings (SSSR count). The molecule has 0 radical (unpaired) electrons. The number of piperazine rings is 1. The normalized spacial score (nSPS) is 17.4. The van der Waals surface area contributed by atoms with Gasteiger partial charge in [-0.3, -0.25) is 24.5 Å². The van der Waals surface area contributed by atoms with Crippen LogP contribution in [0.2, 0.25) is 5.02 Å². The number of carbonyl (C=O) groups is 2. The second-order valence-electron chi connectivity index (χ2n) is 11.4. The van der Waals surface area contributed by atoms with Crippen molar-refractivity contribution in [1.29, 1.82) is 0 Å². The monoisotopic (exact) mass is 657 g/mol. The molecule has 10 nitrogen and oxygen atoms in total. The van der Waals surface area contributed by atoms with Gasteiger partial charge in [-0.15, -0.1) is 0 Å². The van der Waals surface area contributed by atoms with Crippen LogP contribution in [0.15, 0.2) is 88.6 Å². The number of aromatic nitrogens is 1. The fourth-order valence-electron chi connectivity index (χ4n) is 5.68. The molecule has 244 valence electrons. The lowest BCUT2D eigenvalue weighted by Gasteiger charge is -2.41. The smallest absolute Gasteiger partial charge is 0.246 e. The Bertz CT molecular complexity index is 1740. The Morgan fingerprint density at radius 2 is 1.96 bits per heavy atom. The highest BCUT2D eigenvalue weighted by molar-refractivity contribution is 6.33. The molecule has 1 aliphatic heterocycles. The van der Waals surface area contributed by atoms with E-state index in [1.54, 1.807) is 24.2 Å². The number of allylic oxidation sites excluding steroid dienone is 2. The van der Waals surface area contributed by atoms with E-state index in [0.29, 0.717) is 55.4 Å². The van der Waals surface area contributed by atoms with Gasteiger partial charge in [-0.05, 0) is 49.6 Å². The van der Waals surface area contributed by atoms with Gasteiger partial charge in [0, 0.05) is 50.6 Å². The summed E-state index contributed by atoms with van der Waals surface area (Å²) in [7, 11) is 1.61. The summed E-state index contributed by atoms with van der Waals surface area (Å²) in [6.07, 6.45) is 5.14. The summed E-state index contributed by atoms with van der Waals surface area (Å²) in [5.74, 6) is -0.697. The summed E-state index contributed by atoms with van der Waals surface area (Å²) in [5, 5.41) is 10.7. The van der Waals surface area contributed by atoms with E-state index in [2.05, 4.69) is 16.6 Å². The van der Waals surface area contributed by atoms with Gasteiger partial charge in [0.1, 0.15) is 17.4 Å². The maximum atomic E-state index is 15.2. The first-order valence-electron chi connectivity index (χ1n) is 15.3. The van der Waals surface area contributed by atoms with Crippen molar-refractivity contribution in [1.82, 2.24) is 14.8 Å². The van der Waals surface area contributed by atoms with Crippen molar-refractivity contribution < 1.29 is 19.1 Å². The molecule has 3 N–H and O–H groups in total. The van der Waals surface area contributed by atoms with Crippen LogP contribution in [-0.2, 0) is 16.1 Å². The van der Waals surface area contributed by atoms with E-state index < -0.39 is 5.82 Å². The number of halogens is 2. The minimum Gasteiger partial charge on any atom is -0.507 e. The van der Waals surface area contributed by atoms with Crippen molar-refractivity contribution in [2.24, 2.45) is 21.6 Å². The first-order valence-corrected chi connectivity index (χ1v) is 15.7. The summed E-state index contributed by atoms with van der Waals surface area (Å²) < 4.78 is 15.2. The fraction of sp³-hybridized carbons (Fsp3) is 0.286. The zero-order valence-electron chi connectivity index (χ0n) is 26.3. The van der Waals surface area contributed by atoms with Gasteiger partial charge in [0.2, 0.25) is 12.3 Å².